The minimum absolute atomic E-state index is 0. The van der Waals surface area contributed by atoms with Crippen molar-refractivity contribution in [2.24, 2.45) is 4.99 Å². The number of rotatable bonds is 2. The first-order valence-corrected chi connectivity index (χ1v) is 5.60. The van der Waals surface area contributed by atoms with Gasteiger partial charge in [0.05, 0.1) is 5.97 Å². The van der Waals surface area contributed by atoms with E-state index in [0.29, 0.717) is 16.5 Å². The molecule has 1 unspecified atom stereocenters. The Morgan fingerprint density at radius 3 is 2.88 bits per heavy atom. The summed E-state index contributed by atoms with van der Waals surface area (Å²) in [6.07, 6.45) is 1.52. The van der Waals surface area contributed by atoms with Gasteiger partial charge in [-0.15, -0.1) is 11.8 Å². The summed E-state index contributed by atoms with van der Waals surface area (Å²) in [4.78, 5) is 18.9. The minimum atomic E-state index is -1.23. The van der Waals surface area contributed by atoms with Crippen molar-refractivity contribution in [3.05, 3.63) is 24.0 Å². The summed E-state index contributed by atoms with van der Waals surface area (Å²) < 4.78 is 0. The van der Waals surface area contributed by atoms with Crippen LogP contribution >= 0.6 is 11.8 Å². The maximum atomic E-state index is 10.9. The van der Waals surface area contributed by atoms with Gasteiger partial charge in [0.2, 0.25) is 0 Å². The van der Waals surface area contributed by atoms with Crippen LogP contribution in [0.15, 0.2) is 23.3 Å². The van der Waals surface area contributed by atoms with Crippen LogP contribution in [0.25, 0.3) is 0 Å². The second-order valence-corrected chi connectivity index (χ2v) is 4.60. The molecule has 0 aliphatic carbocycles. The summed E-state index contributed by atoms with van der Waals surface area (Å²) in [7, 11) is 0. The number of aliphatic imine (C=N–C) groups is 1. The van der Waals surface area contributed by atoms with E-state index in [4.69, 9.17) is 0 Å². The van der Waals surface area contributed by atoms with Crippen LogP contribution in [-0.4, -0.2) is 32.4 Å². The number of aromatic hydroxyl groups is 1. The first kappa shape index (κ1) is 14.5. The van der Waals surface area contributed by atoms with E-state index in [-0.39, 0.29) is 35.3 Å². The van der Waals surface area contributed by atoms with Crippen molar-refractivity contribution in [2.45, 2.75) is 12.5 Å². The van der Waals surface area contributed by atoms with Gasteiger partial charge in [-0.05, 0) is 19.1 Å². The van der Waals surface area contributed by atoms with Gasteiger partial charge >= 0.3 is 29.6 Å². The fourth-order valence-corrected chi connectivity index (χ4v) is 2.45. The Kier molecular flexibility index (Phi) is 4.60. The maximum Gasteiger partial charge on any atom is 1.00 e. The van der Waals surface area contributed by atoms with E-state index < -0.39 is 11.5 Å². The molecule has 1 aliphatic heterocycles. The van der Waals surface area contributed by atoms with Gasteiger partial charge in [0.25, 0.3) is 0 Å². The van der Waals surface area contributed by atoms with E-state index in [0.717, 1.165) is 0 Å². The van der Waals surface area contributed by atoms with Crippen LogP contribution in [0.5, 0.6) is 5.75 Å². The molecule has 1 N–H and O–H groups in total. The zero-order chi connectivity index (χ0) is 11.8. The zero-order valence-electron chi connectivity index (χ0n) is 9.51. The Bertz CT molecular complexity index is 480. The zero-order valence-corrected chi connectivity index (χ0v) is 12.3. The average molecular weight is 260 g/mol. The van der Waals surface area contributed by atoms with Crippen LogP contribution in [0.3, 0.4) is 0 Å². The third-order valence-electron chi connectivity index (χ3n) is 2.27. The van der Waals surface area contributed by atoms with Crippen molar-refractivity contribution in [1.82, 2.24) is 4.98 Å². The molecule has 0 aromatic carbocycles. The topological polar surface area (TPSA) is 85.6 Å². The number of hydrogen-bond donors (Lipinski definition) is 1. The summed E-state index contributed by atoms with van der Waals surface area (Å²) >= 11 is 1.25. The molecule has 17 heavy (non-hydrogen) atoms. The predicted molar refractivity (Wildman–Crippen MR) is 58.3 cm³/mol. The molecule has 84 valence electrons. The van der Waals surface area contributed by atoms with Crippen LogP contribution in [0.4, 0.5) is 0 Å². The second kappa shape index (κ2) is 5.39. The average Bonchev–Trinajstić information content (AvgIpc) is 2.63. The predicted octanol–water partition coefficient (Wildman–Crippen LogP) is -3.21. The number of nitrogens with zero attached hydrogens (tertiary/aromatic N) is 2. The number of aliphatic carboxylic acids is 1. The third-order valence-corrected chi connectivity index (χ3v) is 3.53. The standard InChI is InChI=1S/C10H10N2O3S.Na/c1-10(9(14)15)5-16-8(12-10)7-6(13)3-2-4-11-7;/h2-4,13H,5H2,1H3,(H,14,15);/q;+1/p-1. The van der Waals surface area contributed by atoms with E-state index >= 15 is 0 Å². The Hall–Kier alpha value is -0.560. The van der Waals surface area contributed by atoms with Gasteiger partial charge < -0.3 is 15.0 Å². The van der Waals surface area contributed by atoms with Gasteiger partial charge in [-0.25, -0.2) is 0 Å². The van der Waals surface area contributed by atoms with Gasteiger partial charge in [-0.1, -0.05) is 0 Å². The molecule has 1 aliphatic rings. The van der Waals surface area contributed by atoms with E-state index in [2.05, 4.69) is 9.98 Å². The van der Waals surface area contributed by atoms with Gasteiger partial charge in [-0.2, -0.15) is 0 Å². The van der Waals surface area contributed by atoms with Crippen LogP contribution < -0.4 is 34.7 Å². The molecule has 0 radical (unpaired) electrons. The van der Waals surface area contributed by atoms with Crippen molar-refractivity contribution < 1.29 is 44.6 Å². The number of pyridine rings is 1. The molecule has 0 spiro atoms. The molecule has 0 fully saturated rings. The molecule has 0 saturated carbocycles. The summed E-state index contributed by atoms with van der Waals surface area (Å²) in [6.45, 7) is 1.49. The van der Waals surface area contributed by atoms with Crippen molar-refractivity contribution in [2.75, 3.05) is 5.75 Å². The summed E-state index contributed by atoms with van der Waals surface area (Å²) in [5.74, 6) is -0.928. The summed E-state index contributed by atoms with van der Waals surface area (Å²) in [6, 6.07) is 3.08. The van der Waals surface area contributed by atoms with E-state index in [9.17, 15) is 15.0 Å². The number of carbonyl (C=O) groups is 1. The number of thioether (sulfide) groups is 1. The first-order valence-electron chi connectivity index (χ1n) is 4.61. The smallest absolute Gasteiger partial charge is 0.547 e. The van der Waals surface area contributed by atoms with E-state index in [1.165, 1.54) is 30.9 Å². The molecule has 2 rings (SSSR count). The van der Waals surface area contributed by atoms with Gasteiger partial charge in [0.15, 0.2) is 0 Å². The molecule has 2 heterocycles. The number of carboxylic acid groups (broad SMARTS) is 1. The number of carbonyl (C=O) groups excluding carboxylic acids is 1. The molecular weight excluding hydrogens is 251 g/mol. The Morgan fingerprint density at radius 2 is 2.35 bits per heavy atom. The quantitative estimate of drug-likeness (QED) is 0.566. The Labute approximate surface area is 125 Å². The fraction of sp³-hybridized carbons (Fsp3) is 0.300. The number of hydrogen-bond acceptors (Lipinski definition) is 6. The maximum absolute atomic E-state index is 10.9. The van der Waals surface area contributed by atoms with Crippen LogP contribution in [0, 0.1) is 0 Å². The Morgan fingerprint density at radius 1 is 1.65 bits per heavy atom. The van der Waals surface area contributed by atoms with E-state index in [1.807, 2.05) is 0 Å². The third kappa shape index (κ3) is 2.82. The fourth-order valence-electron chi connectivity index (χ4n) is 1.29. The van der Waals surface area contributed by atoms with Crippen molar-refractivity contribution in [3.63, 3.8) is 0 Å². The largest absolute Gasteiger partial charge is 1.00 e. The molecule has 0 amide bonds. The van der Waals surface area contributed by atoms with Gasteiger partial charge in [0, 0.05) is 11.9 Å². The van der Waals surface area contributed by atoms with Gasteiger partial charge in [0.1, 0.15) is 22.0 Å². The molecule has 1 aromatic rings. The van der Waals surface area contributed by atoms with Crippen molar-refractivity contribution in [3.8, 4) is 5.75 Å². The summed E-state index contributed by atoms with van der Waals surface area (Å²) in [5.41, 5.74) is -0.915. The SMILES string of the molecule is CC1(C(=O)[O-])CSC(c2ncccc2O)=N1.[Na+]. The van der Waals surface area contributed by atoms with E-state index in [1.54, 1.807) is 6.07 Å². The van der Waals surface area contributed by atoms with Gasteiger partial charge in [-0.3, -0.25) is 9.98 Å². The van der Waals surface area contributed by atoms with Crippen molar-refractivity contribution >= 4 is 22.8 Å². The first-order chi connectivity index (χ1) is 7.53. The summed E-state index contributed by atoms with van der Waals surface area (Å²) in [5, 5.41) is 20.9. The minimum Gasteiger partial charge on any atom is -0.547 e. The molecule has 0 bridgehead atoms. The molecule has 1 aromatic heterocycles. The molecule has 7 heteroatoms. The normalized spacial score (nSPS) is 22.8. The van der Waals surface area contributed by atoms with Crippen LogP contribution in [-0.2, 0) is 4.79 Å². The molecular formula is C10H9N2NaO3S. The molecule has 1 atom stereocenters. The second-order valence-electron chi connectivity index (χ2n) is 3.64. The molecule has 5 nitrogen and oxygen atoms in total. The van der Waals surface area contributed by atoms with Crippen molar-refractivity contribution in [1.29, 1.82) is 0 Å². The number of carboxylic acids is 1. The van der Waals surface area contributed by atoms with Crippen LogP contribution in [0.2, 0.25) is 0 Å². The number of aromatic nitrogens is 1. The monoisotopic (exact) mass is 260 g/mol. The molecule has 0 saturated heterocycles. The van der Waals surface area contributed by atoms with Crippen LogP contribution in [0.1, 0.15) is 12.6 Å². The Balaban J connectivity index is 0.00000144.